The summed E-state index contributed by atoms with van der Waals surface area (Å²) in [4.78, 5) is 25.2. The van der Waals surface area contributed by atoms with Gasteiger partial charge in [0.15, 0.2) is 5.41 Å². The van der Waals surface area contributed by atoms with Gasteiger partial charge in [0.2, 0.25) is 0 Å². The molecule has 140 valence electrons. The van der Waals surface area contributed by atoms with Crippen LogP contribution in [-0.2, 0) is 11.3 Å². The van der Waals surface area contributed by atoms with Crippen LogP contribution in [-0.4, -0.2) is 45.7 Å². The Balaban J connectivity index is 1.97. The van der Waals surface area contributed by atoms with Crippen LogP contribution in [0.4, 0.5) is 13.2 Å². The maximum atomic E-state index is 13.3. The Hall–Kier alpha value is -2.51. The van der Waals surface area contributed by atoms with Gasteiger partial charge in [-0.25, -0.2) is 0 Å². The number of alkyl halides is 3. The summed E-state index contributed by atoms with van der Waals surface area (Å²) >= 11 is 0. The predicted octanol–water partition coefficient (Wildman–Crippen LogP) is 3.53. The number of carboxylic acids is 1. The SMILES string of the molecule is CCCn1c(C(=O)N2CCC(C(=O)O)(C(F)(F)F)C2)cc2ccccc21. The Bertz CT molecular complexity index is 859. The molecule has 1 aromatic heterocycles. The lowest BCUT2D eigenvalue weighted by atomic mass is 9.86. The molecule has 1 N–H and O–H groups in total. The molecule has 26 heavy (non-hydrogen) atoms. The van der Waals surface area contributed by atoms with Crippen LogP contribution in [0.15, 0.2) is 30.3 Å². The fourth-order valence-electron chi connectivity index (χ4n) is 3.52. The first-order valence-electron chi connectivity index (χ1n) is 8.39. The zero-order chi connectivity index (χ0) is 19.1. The molecule has 1 fully saturated rings. The molecule has 3 rings (SSSR count). The number of amides is 1. The molecule has 5 nitrogen and oxygen atoms in total. The van der Waals surface area contributed by atoms with Crippen molar-refractivity contribution < 1.29 is 27.9 Å². The van der Waals surface area contributed by atoms with Crippen LogP contribution >= 0.6 is 0 Å². The summed E-state index contributed by atoms with van der Waals surface area (Å²) in [5.41, 5.74) is -1.78. The van der Waals surface area contributed by atoms with Gasteiger partial charge in [0, 0.05) is 30.5 Å². The number of aliphatic carboxylic acids is 1. The number of fused-ring (bicyclic) bond motifs is 1. The quantitative estimate of drug-likeness (QED) is 0.898. The summed E-state index contributed by atoms with van der Waals surface area (Å²) in [5, 5.41) is 9.98. The number of hydrogen-bond donors (Lipinski definition) is 1. The van der Waals surface area contributed by atoms with Crippen LogP contribution in [0.2, 0.25) is 0 Å². The van der Waals surface area contributed by atoms with E-state index in [9.17, 15) is 22.8 Å². The predicted molar refractivity (Wildman–Crippen MR) is 88.9 cm³/mol. The molecule has 0 aliphatic carbocycles. The second-order valence-corrected chi connectivity index (χ2v) is 6.60. The highest BCUT2D eigenvalue weighted by Gasteiger charge is 2.64. The Morgan fingerprint density at radius 3 is 2.54 bits per heavy atom. The highest BCUT2D eigenvalue weighted by molar-refractivity contribution is 5.99. The molecule has 0 spiro atoms. The lowest BCUT2D eigenvalue weighted by Gasteiger charge is -2.27. The van der Waals surface area contributed by atoms with Crippen molar-refractivity contribution in [3.8, 4) is 0 Å². The van der Waals surface area contributed by atoms with Crippen molar-refractivity contribution in [1.29, 1.82) is 0 Å². The molecular weight excluding hydrogens is 349 g/mol. The van der Waals surface area contributed by atoms with E-state index in [-0.39, 0.29) is 12.2 Å². The Morgan fingerprint density at radius 1 is 1.27 bits per heavy atom. The van der Waals surface area contributed by atoms with Crippen molar-refractivity contribution in [2.75, 3.05) is 13.1 Å². The number of rotatable bonds is 4. The van der Waals surface area contributed by atoms with E-state index in [0.29, 0.717) is 6.54 Å². The zero-order valence-electron chi connectivity index (χ0n) is 14.2. The minimum Gasteiger partial charge on any atom is -0.481 e. The van der Waals surface area contributed by atoms with Gasteiger partial charge in [-0.3, -0.25) is 9.59 Å². The Labute approximate surface area is 148 Å². The first kappa shape index (κ1) is 18.3. The third kappa shape index (κ3) is 2.73. The van der Waals surface area contributed by atoms with E-state index in [1.165, 1.54) is 0 Å². The summed E-state index contributed by atoms with van der Waals surface area (Å²) in [7, 11) is 0. The third-order valence-electron chi connectivity index (χ3n) is 4.99. The Morgan fingerprint density at radius 2 is 1.96 bits per heavy atom. The van der Waals surface area contributed by atoms with Crippen LogP contribution in [0.5, 0.6) is 0 Å². The minimum absolute atomic E-state index is 0.238. The van der Waals surface area contributed by atoms with Crippen LogP contribution in [0.3, 0.4) is 0 Å². The third-order valence-corrected chi connectivity index (χ3v) is 4.99. The van der Waals surface area contributed by atoms with Gasteiger partial charge < -0.3 is 14.6 Å². The fraction of sp³-hybridized carbons (Fsp3) is 0.444. The van der Waals surface area contributed by atoms with Crippen molar-refractivity contribution >= 4 is 22.8 Å². The van der Waals surface area contributed by atoms with Gasteiger partial charge in [-0.15, -0.1) is 0 Å². The lowest BCUT2D eigenvalue weighted by Crippen LogP contribution is -2.47. The van der Waals surface area contributed by atoms with Crippen molar-refractivity contribution in [2.45, 2.75) is 32.5 Å². The van der Waals surface area contributed by atoms with Crippen molar-refractivity contribution in [2.24, 2.45) is 5.41 Å². The molecule has 1 atom stereocenters. The van der Waals surface area contributed by atoms with Gasteiger partial charge in [0.1, 0.15) is 5.69 Å². The van der Waals surface area contributed by atoms with Crippen molar-refractivity contribution in [3.63, 3.8) is 0 Å². The summed E-state index contributed by atoms with van der Waals surface area (Å²) in [6, 6.07) is 8.99. The second-order valence-electron chi connectivity index (χ2n) is 6.60. The number of benzene rings is 1. The number of carboxylic acid groups (broad SMARTS) is 1. The molecule has 1 unspecified atom stereocenters. The minimum atomic E-state index is -4.91. The number of carbonyl (C=O) groups excluding carboxylic acids is 1. The van der Waals surface area contributed by atoms with Crippen LogP contribution in [0, 0.1) is 5.41 Å². The van der Waals surface area contributed by atoms with E-state index >= 15 is 0 Å². The van der Waals surface area contributed by atoms with Gasteiger partial charge in [-0.2, -0.15) is 13.2 Å². The first-order valence-corrected chi connectivity index (χ1v) is 8.39. The van der Waals surface area contributed by atoms with E-state index in [0.717, 1.165) is 22.2 Å². The number of nitrogens with zero attached hydrogens (tertiary/aromatic N) is 2. The highest BCUT2D eigenvalue weighted by Crippen LogP contribution is 2.46. The summed E-state index contributed by atoms with van der Waals surface area (Å²) < 4.78 is 41.8. The number of halogens is 3. The van der Waals surface area contributed by atoms with E-state index in [1.807, 2.05) is 31.2 Å². The molecule has 1 saturated heterocycles. The molecular formula is C18H19F3N2O3. The molecule has 0 radical (unpaired) electrons. The highest BCUT2D eigenvalue weighted by atomic mass is 19.4. The van der Waals surface area contributed by atoms with Gasteiger partial charge in [-0.1, -0.05) is 25.1 Å². The van der Waals surface area contributed by atoms with Crippen molar-refractivity contribution in [3.05, 3.63) is 36.0 Å². The standard InChI is InChI=1S/C18H19F3N2O3/c1-2-8-23-13-6-4-3-5-12(13)10-14(23)15(24)22-9-7-17(11-22,16(25)26)18(19,20)21/h3-6,10H,2,7-9,11H2,1H3,(H,25,26). The van der Waals surface area contributed by atoms with Crippen LogP contribution in [0.25, 0.3) is 10.9 Å². The lowest BCUT2D eigenvalue weighted by molar-refractivity contribution is -0.227. The molecule has 8 heteroatoms. The van der Waals surface area contributed by atoms with Gasteiger partial charge in [0.05, 0.1) is 0 Å². The van der Waals surface area contributed by atoms with E-state index in [4.69, 9.17) is 5.11 Å². The number of aromatic nitrogens is 1. The Kier molecular flexibility index (Phi) is 4.46. The first-order chi connectivity index (χ1) is 12.2. The maximum Gasteiger partial charge on any atom is 0.406 e. The number of carbonyl (C=O) groups is 2. The molecule has 2 heterocycles. The smallest absolute Gasteiger partial charge is 0.406 e. The summed E-state index contributed by atoms with van der Waals surface area (Å²) in [6.45, 7) is 1.39. The number of hydrogen-bond acceptors (Lipinski definition) is 2. The summed E-state index contributed by atoms with van der Waals surface area (Å²) in [6.07, 6.45) is -4.80. The molecule has 0 saturated carbocycles. The fourth-order valence-corrected chi connectivity index (χ4v) is 3.52. The van der Waals surface area contributed by atoms with E-state index in [1.54, 1.807) is 10.6 Å². The normalized spacial score (nSPS) is 20.7. The van der Waals surface area contributed by atoms with Crippen molar-refractivity contribution in [1.82, 2.24) is 9.47 Å². The molecule has 2 aromatic rings. The number of aryl methyl sites for hydroxylation is 1. The molecule has 1 aromatic carbocycles. The molecule has 1 aliphatic rings. The average molecular weight is 368 g/mol. The molecule has 0 bridgehead atoms. The van der Waals surface area contributed by atoms with Crippen LogP contribution < -0.4 is 0 Å². The average Bonchev–Trinajstić information content (AvgIpc) is 3.18. The van der Waals surface area contributed by atoms with Gasteiger partial charge in [0.25, 0.3) is 5.91 Å². The van der Waals surface area contributed by atoms with E-state index < -0.39 is 36.4 Å². The number of likely N-dealkylation sites (tertiary alicyclic amines) is 1. The van der Waals surface area contributed by atoms with Gasteiger partial charge in [-0.05, 0) is 25.0 Å². The monoisotopic (exact) mass is 368 g/mol. The maximum absolute atomic E-state index is 13.3. The van der Waals surface area contributed by atoms with Gasteiger partial charge >= 0.3 is 12.1 Å². The summed E-state index contributed by atoms with van der Waals surface area (Å²) in [5.74, 6) is -2.50. The molecule has 1 amide bonds. The topological polar surface area (TPSA) is 62.5 Å². The molecule has 1 aliphatic heterocycles. The largest absolute Gasteiger partial charge is 0.481 e. The number of para-hydroxylation sites is 1. The van der Waals surface area contributed by atoms with Crippen LogP contribution in [0.1, 0.15) is 30.3 Å². The zero-order valence-corrected chi connectivity index (χ0v) is 14.2. The second kappa shape index (κ2) is 6.34. The van der Waals surface area contributed by atoms with E-state index in [2.05, 4.69) is 0 Å².